The Morgan fingerprint density at radius 3 is 2.12 bits per heavy atom. The molecule has 1 fully saturated rings. The highest BCUT2D eigenvalue weighted by Crippen LogP contribution is 2.40. The topological polar surface area (TPSA) is 12.0 Å². The minimum atomic E-state index is -4.24. The first kappa shape index (κ1) is 11.5. The zero-order valence-corrected chi connectivity index (χ0v) is 9.01. The summed E-state index contributed by atoms with van der Waals surface area (Å²) in [4.78, 5) is 0. The number of benzene rings is 1. The molecule has 88 valence electrons. The Balaban J connectivity index is 2.18. The van der Waals surface area contributed by atoms with Crippen LogP contribution < -0.4 is 5.32 Å². The molecule has 0 amide bonds. The Kier molecular flexibility index (Phi) is 2.93. The maximum absolute atomic E-state index is 12.6. The van der Waals surface area contributed by atoms with Crippen molar-refractivity contribution >= 4 is 0 Å². The van der Waals surface area contributed by atoms with Gasteiger partial charge in [0.05, 0.1) is 0 Å². The second-order valence-corrected chi connectivity index (χ2v) is 4.20. The van der Waals surface area contributed by atoms with Crippen LogP contribution in [0.4, 0.5) is 13.2 Å². The van der Waals surface area contributed by atoms with Crippen LogP contribution in [0.15, 0.2) is 24.3 Å². The molecule has 4 heteroatoms. The van der Waals surface area contributed by atoms with E-state index in [1.54, 1.807) is 12.1 Å². The number of hydrogen-bond acceptors (Lipinski definition) is 1. The zero-order chi connectivity index (χ0) is 11.8. The smallest absolute Gasteiger partial charge is 0.306 e. The van der Waals surface area contributed by atoms with Crippen LogP contribution in [0.1, 0.15) is 35.9 Å². The lowest BCUT2D eigenvalue weighted by atomic mass is 10.0. The largest absolute Gasteiger partial charge is 0.407 e. The average molecular weight is 229 g/mol. The van der Waals surface area contributed by atoms with E-state index in [-0.39, 0.29) is 5.56 Å². The van der Waals surface area contributed by atoms with Gasteiger partial charge in [-0.3, -0.25) is 0 Å². The van der Waals surface area contributed by atoms with Crippen molar-refractivity contribution in [3.8, 4) is 0 Å². The number of rotatable bonds is 3. The fraction of sp³-hybridized carbons (Fsp3) is 0.500. The first-order valence-corrected chi connectivity index (χ1v) is 5.36. The number of alkyl halides is 3. The fourth-order valence-corrected chi connectivity index (χ4v) is 1.90. The van der Waals surface area contributed by atoms with Crippen LogP contribution in [0, 0.1) is 0 Å². The Labute approximate surface area is 92.7 Å². The average Bonchev–Trinajstić information content (AvgIpc) is 3.01. The van der Waals surface area contributed by atoms with Crippen molar-refractivity contribution in [2.45, 2.75) is 31.0 Å². The summed E-state index contributed by atoms with van der Waals surface area (Å²) in [5.41, 5.74) is 1.43. The van der Waals surface area contributed by atoms with Gasteiger partial charge in [0.25, 0.3) is 0 Å². The summed E-state index contributed by atoms with van der Waals surface area (Å²) in [6.45, 7) is 0. The molecule has 2 rings (SSSR count). The Hall–Kier alpha value is -1.03. The second kappa shape index (κ2) is 4.09. The van der Waals surface area contributed by atoms with Crippen LogP contribution in [-0.2, 0) is 0 Å². The summed E-state index contributed by atoms with van der Waals surface area (Å²) < 4.78 is 37.8. The van der Waals surface area contributed by atoms with Gasteiger partial charge < -0.3 is 5.32 Å². The van der Waals surface area contributed by atoms with Gasteiger partial charge in [-0.15, -0.1) is 0 Å². The minimum absolute atomic E-state index is 0.277. The molecule has 0 radical (unpaired) electrons. The molecule has 16 heavy (non-hydrogen) atoms. The first-order valence-electron chi connectivity index (χ1n) is 5.36. The molecule has 1 aliphatic rings. The first-order chi connectivity index (χ1) is 7.52. The molecule has 0 spiro atoms. The van der Waals surface area contributed by atoms with Gasteiger partial charge in [-0.1, -0.05) is 24.3 Å². The molecule has 0 aromatic heterocycles. The molecule has 0 aliphatic heterocycles. The minimum Gasteiger partial charge on any atom is -0.306 e. The summed E-state index contributed by atoms with van der Waals surface area (Å²) >= 11 is 0. The predicted octanol–water partition coefficient (Wildman–Crippen LogP) is 3.39. The molecule has 1 nitrogen and oxygen atoms in total. The maximum Gasteiger partial charge on any atom is 0.407 e. The Morgan fingerprint density at radius 2 is 1.75 bits per heavy atom. The maximum atomic E-state index is 12.6. The Morgan fingerprint density at radius 1 is 1.19 bits per heavy atom. The normalized spacial score (nSPS) is 18.5. The third-order valence-electron chi connectivity index (χ3n) is 2.93. The lowest BCUT2D eigenvalue weighted by Crippen LogP contribution is -2.31. The molecule has 1 unspecified atom stereocenters. The quantitative estimate of drug-likeness (QED) is 0.837. The van der Waals surface area contributed by atoms with E-state index in [9.17, 15) is 13.2 Å². The van der Waals surface area contributed by atoms with E-state index in [2.05, 4.69) is 5.32 Å². The van der Waals surface area contributed by atoms with Gasteiger partial charge in [0.15, 0.2) is 0 Å². The van der Waals surface area contributed by atoms with Crippen molar-refractivity contribution in [3.63, 3.8) is 0 Å². The van der Waals surface area contributed by atoms with Gasteiger partial charge >= 0.3 is 6.18 Å². The number of halogens is 3. The van der Waals surface area contributed by atoms with Crippen molar-refractivity contribution in [1.29, 1.82) is 0 Å². The van der Waals surface area contributed by atoms with Crippen LogP contribution in [0.2, 0.25) is 0 Å². The van der Waals surface area contributed by atoms with Gasteiger partial charge in [-0.2, -0.15) is 13.2 Å². The van der Waals surface area contributed by atoms with E-state index in [4.69, 9.17) is 0 Å². The van der Waals surface area contributed by atoms with Crippen molar-refractivity contribution in [2.75, 3.05) is 7.05 Å². The van der Waals surface area contributed by atoms with Crippen LogP contribution in [0.25, 0.3) is 0 Å². The monoisotopic (exact) mass is 229 g/mol. The zero-order valence-electron chi connectivity index (χ0n) is 9.01. The highest BCUT2D eigenvalue weighted by atomic mass is 19.4. The molecule has 1 aromatic rings. The van der Waals surface area contributed by atoms with E-state index in [0.29, 0.717) is 5.92 Å². The summed E-state index contributed by atoms with van der Waals surface area (Å²) in [6.07, 6.45) is -1.92. The van der Waals surface area contributed by atoms with E-state index in [1.165, 1.54) is 7.05 Å². The van der Waals surface area contributed by atoms with Gasteiger partial charge in [-0.05, 0) is 36.9 Å². The second-order valence-electron chi connectivity index (χ2n) is 4.20. The van der Waals surface area contributed by atoms with E-state index in [0.717, 1.165) is 18.4 Å². The van der Waals surface area contributed by atoms with Gasteiger partial charge in [0.1, 0.15) is 6.04 Å². The highest BCUT2D eigenvalue weighted by molar-refractivity contribution is 5.30. The molecule has 1 N–H and O–H groups in total. The standard InChI is InChI=1S/C12H14F3N/c1-16-11(12(13,14)15)10-6-4-9(5-7-10)8-2-3-8/h4-8,11,16H,2-3H2,1H3. The molecule has 1 atom stereocenters. The highest BCUT2D eigenvalue weighted by Gasteiger charge is 2.39. The van der Waals surface area contributed by atoms with Crippen LogP contribution in [0.5, 0.6) is 0 Å². The van der Waals surface area contributed by atoms with Crippen LogP contribution >= 0.6 is 0 Å². The predicted molar refractivity (Wildman–Crippen MR) is 56.3 cm³/mol. The summed E-state index contributed by atoms with van der Waals surface area (Å²) in [5.74, 6) is 0.577. The molecular formula is C12H14F3N. The van der Waals surface area contributed by atoms with Crippen molar-refractivity contribution in [3.05, 3.63) is 35.4 Å². The molecule has 1 aliphatic carbocycles. The molecule has 1 saturated carbocycles. The van der Waals surface area contributed by atoms with Gasteiger partial charge in [-0.25, -0.2) is 0 Å². The summed E-state index contributed by atoms with van der Waals surface area (Å²) in [7, 11) is 1.33. The van der Waals surface area contributed by atoms with Crippen molar-refractivity contribution in [1.82, 2.24) is 5.32 Å². The number of nitrogens with one attached hydrogen (secondary N) is 1. The van der Waals surface area contributed by atoms with Crippen LogP contribution in [-0.4, -0.2) is 13.2 Å². The lowest BCUT2D eigenvalue weighted by molar-refractivity contribution is -0.156. The molecule has 0 saturated heterocycles. The summed E-state index contributed by atoms with van der Waals surface area (Å²) in [6, 6.07) is 5.19. The van der Waals surface area contributed by atoms with Gasteiger partial charge in [0.2, 0.25) is 0 Å². The molecule has 0 heterocycles. The van der Waals surface area contributed by atoms with Crippen molar-refractivity contribution < 1.29 is 13.2 Å². The van der Waals surface area contributed by atoms with Crippen molar-refractivity contribution in [2.24, 2.45) is 0 Å². The molecule has 0 bridgehead atoms. The Bertz CT molecular complexity index is 352. The lowest BCUT2D eigenvalue weighted by Gasteiger charge is -2.20. The van der Waals surface area contributed by atoms with Crippen LogP contribution in [0.3, 0.4) is 0 Å². The van der Waals surface area contributed by atoms with E-state index < -0.39 is 12.2 Å². The van der Waals surface area contributed by atoms with E-state index in [1.807, 2.05) is 12.1 Å². The number of hydrogen-bond donors (Lipinski definition) is 1. The third kappa shape index (κ3) is 2.38. The molecule has 1 aromatic carbocycles. The fourth-order valence-electron chi connectivity index (χ4n) is 1.90. The molecular weight excluding hydrogens is 215 g/mol. The van der Waals surface area contributed by atoms with Gasteiger partial charge in [0, 0.05) is 0 Å². The summed E-state index contributed by atoms with van der Waals surface area (Å²) in [5, 5.41) is 2.30. The van der Waals surface area contributed by atoms with E-state index >= 15 is 0 Å². The SMILES string of the molecule is CNC(c1ccc(C2CC2)cc1)C(F)(F)F. The third-order valence-corrected chi connectivity index (χ3v) is 2.93.